The highest BCUT2D eigenvalue weighted by atomic mass is 16.7. The molecule has 0 atom stereocenters. The van der Waals surface area contributed by atoms with Crippen LogP contribution in [0.5, 0.6) is 0 Å². The number of carbonyl (C=O) groups excluding carboxylic acids is 3. The van der Waals surface area contributed by atoms with Crippen molar-refractivity contribution in [3.63, 3.8) is 0 Å². The molecule has 82 valence electrons. The van der Waals surface area contributed by atoms with Crippen molar-refractivity contribution >= 4 is 17.9 Å². The molecule has 0 spiro atoms. The Morgan fingerprint density at radius 2 is 1.94 bits per heavy atom. The average Bonchev–Trinajstić information content (AvgIpc) is 2.59. The van der Waals surface area contributed by atoms with Crippen LogP contribution in [0.15, 0.2) is 30.3 Å². The zero-order chi connectivity index (χ0) is 11.5. The second-order valence-corrected chi connectivity index (χ2v) is 3.13. The highest BCUT2D eigenvalue weighted by Gasteiger charge is 2.30. The van der Waals surface area contributed by atoms with Gasteiger partial charge in [0.15, 0.2) is 0 Å². The fourth-order valence-electron chi connectivity index (χ4n) is 1.22. The first kappa shape index (κ1) is 10.2. The van der Waals surface area contributed by atoms with Crippen LogP contribution in [0.1, 0.15) is 10.4 Å². The molecule has 1 heterocycles. The highest BCUT2D eigenvalue weighted by Crippen LogP contribution is 2.05. The van der Waals surface area contributed by atoms with Crippen molar-refractivity contribution < 1.29 is 19.2 Å². The molecule has 1 aliphatic rings. The smallest absolute Gasteiger partial charge is 0.331 e. The number of nitrogens with one attached hydrogen (secondary N) is 1. The van der Waals surface area contributed by atoms with Crippen LogP contribution in [0, 0.1) is 0 Å². The molecule has 0 saturated carbocycles. The number of urea groups is 1. The summed E-state index contributed by atoms with van der Waals surface area (Å²) in [6.45, 7) is -0.266. The summed E-state index contributed by atoms with van der Waals surface area (Å²) in [7, 11) is 0. The van der Waals surface area contributed by atoms with Gasteiger partial charge in [0, 0.05) is 0 Å². The van der Waals surface area contributed by atoms with Crippen molar-refractivity contribution in [2.24, 2.45) is 0 Å². The third-order valence-corrected chi connectivity index (χ3v) is 1.96. The van der Waals surface area contributed by atoms with Gasteiger partial charge in [-0.2, -0.15) is 0 Å². The third kappa shape index (κ3) is 2.00. The van der Waals surface area contributed by atoms with E-state index in [0.717, 1.165) is 0 Å². The fraction of sp³-hybridized carbons (Fsp3) is 0.100. The maximum absolute atomic E-state index is 11.5. The number of nitrogens with zero attached hydrogens (tertiary/aromatic N) is 1. The van der Waals surface area contributed by atoms with Gasteiger partial charge >= 0.3 is 12.0 Å². The number of benzene rings is 1. The van der Waals surface area contributed by atoms with Crippen LogP contribution in [-0.4, -0.2) is 29.5 Å². The summed E-state index contributed by atoms with van der Waals surface area (Å²) < 4.78 is 0. The van der Waals surface area contributed by atoms with Crippen LogP contribution >= 0.6 is 0 Å². The van der Waals surface area contributed by atoms with Gasteiger partial charge in [0.1, 0.15) is 6.54 Å². The average molecular weight is 220 g/mol. The molecule has 3 amide bonds. The van der Waals surface area contributed by atoms with Crippen LogP contribution in [0.3, 0.4) is 0 Å². The van der Waals surface area contributed by atoms with Crippen LogP contribution in [0.25, 0.3) is 0 Å². The normalized spacial score (nSPS) is 14.9. The number of hydrogen-bond acceptors (Lipinski definition) is 4. The van der Waals surface area contributed by atoms with Crippen LogP contribution in [-0.2, 0) is 9.63 Å². The maximum atomic E-state index is 11.5. The molecule has 16 heavy (non-hydrogen) atoms. The summed E-state index contributed by atoms with van der Waals surface area (Å²) in [5.74, 6) is -1.17. The first-order valence-electron chi connectivity index (χ1n) is 4.55. The molecule has 1 aromatic carbocycles. The molecule has 1 aromatic rings. The monoisotopic (exact) mass is 220 g/mol. The molecule has 0 aromatic heterocycles. The topological polar surface area (TPSA) is 75.7 Å². The lowest BCUT2D eigenvalue weighted by Crippen LogP contribution is -2.30. The Morgan fingerprint density at radius 3 is 2.50 bits per heavy atom. The van der Waals surface area contributed by atoms with Gasteiger partial charge in [-0.3, -0.25) is 10.1 Å². The van der Waals surface area contributed by atoms with Crippen molar-refractivity contribution in [2.75, 3.05) is 6.54 Å². The number of hydrogen-bond donors (Lipinski definition) is 1. The first-order chi connectivity index (χ1) is 7.66. The molecule has 0 bridgehead atoms. The standard InChI is InChI=1S/C10H8N2O4/c13-8-6-12(10(15)11-8)16-9(14)7-4-2-1-3-5-7/h1-5H,6H2,(H,11,13,15). The Bertz CT molecular complexity index is 443. The number of amides is 3. The summed E-state index contributed by atoms with van der Waals surface area (Å²) in [6.07, 6.45) is 0. The molecular weight excluding hydrogens is 212 g/mol. The van der Waals surface area contributed by atoms with Gasteiger partial charge in [-0.15, -0.1) is 5.06 Å². The molecule has 1 N–H and O–H groups in total. The highest BCUT2D eigenvalue weighted by molar-refractivity contribution is 6.02. The van der Waals surface area contributed by atoms with E-state index >= 15 is 0 Å². The van der Waals surface area contributed by atoms with E-state index < -0.39 is 17.9 Å². The summed E-state index contributed by atoms with van der Waals surface area (Å²) in [5, 5.41) is 2.69. The second kappa shape index (κ2) is 4.01. The molecule has 6 nitrogen and oxygen atoms in total. The van der Waals surface area contributed by atoms with Gasteiger partial charge in [0.2, 0.25) is 0 Å². The van der Waals surface area contributed by atoms with Crippen LogP contribution < -0.4 is 5.32 Å². The fourth-order valence-corrected chi connectivity index (χ4v) is 1.22. The lowest BCUT2D eigenvalue weighted by atomic mass is 10.2. The molecule has 0 unspecified atom stereocenters. The third-order valence-electron chi connectivity index (χ3n) is 1.96. The molecule has 0 aliphatic carbocycles. The van der Waals surface area contributed by atoms with E-state index in [0.29, 0.717) is 10.6 Å². The number of hydroxylamine groups is 2. The molecule has 1 fully saturated rings. The summed E-state index contributed by atoms with van der Waals surface area (Å²) in [6, 6.07) is 7.48. The predicted molar refractivity (Wildman–Crippen MR) is 52.1 cm³/mol. The van der Waals surface area contributed by atoms with Crippen molar-refractivity contribution in [1.82, 2.24) is 10.4 Å². The Kier molecular flexibility index (Phi) is 2.55. The van der Waals surface area contributed by atoms with E-state index in [1.165, 1.54) is 0 Å². The summed E-state index contributed by atoms with van der Waals surface area (Å²) in [4.78, 5) is 38.1. The summed E-state index contributed by atoms with van der Waals surface area (Å²) in [5.41, 5.74) is 0.314. The molecule has 1 saturated heterocycles. The minimum atomic E-state index is -0.728. The van der Waals surface area contributed by atoms with Crippen molar-refractivity contribution in [3.8, 4) is 0 Å². The molecule has 1 aliphatic heterocycles. The zero-order valence-corrected chi connectivity index (χ0v) is 8.17. The minimum absolute atomic E-state index is 0.266. The largest absolute Gasteiger partial charge is 0.363 e. The van der Waals surface area contributed by atoms with E-state index in [2.05, 4.69) is 0 Å². The first-order valence-corrected chi connectivity index (χ1v) is 4.55. The quantitative estimate of drug-likeness (QED) is 0.728. The Labute approximate surface area is 90.7 Å². The van der Waals surface area contributed by atoms with E-state index in [1.54, 1.807) is 30.3 Å². The molecule has 0 radical (unpaired) electrons. The van der Waals surface area contributed by atoms with Crippen molar-refractivity contribution in [2.45, 2.75) is 0 Å². The summed E-state index contributed by atoms with van der Waals surface area (Å²) >= 11 is 0. The number of imide groups is 1. The van der Waals surface area contributed by atoms with Gasteiger partial charge in [-0.1, -0.05) is 18.2 Å². The van der Waals surface area contributed by atoms with Crippen LogP contribution in [0.2, 0.25) is 0 Å². The van der Waals surface area contributed by atoms with E-state index in [9.17, 15) is 14.4 Å². The lowest BCUT2D eigenvalue weighted by molar-refractivity contribution is -0.122. The van der Waals surface area contributed by atoms with Crippen molar-refractivity contribution in [1.29, 1.82) is 0 Å². The van der Waals surface area contributed by atoms with Crippen LogP contribution in [0.4, 0.5) is 4.79 Å². The van der Waals surface area contributed by atoms with Gasteiger partial charge in [0.05, 0.1) is 5.56 Å². The van der Waals surface area contributed by atoms with E-state index in [4.69, 9.17) is 4.84 Å². The minimum Gasteiger partial charge on any atom is -0.331 e. The van der Waals surface area contributed by atoms with Gasteiger partial charge in [-0.25, -0.2) is 9.59 Å². The lowest BCUT2D eigenvalue weighted by Gasteiger charge is -2.11. The van der Waals surface area contributed by atoms with Gasteiger partial charge < -0.3 is 4.84 Å². The van der Waals surface area contributed by atoms with E-state index in [1.807, 2.05) is 5.32 Å². The van der Waals surface area contributed by atoms with Gasteiger partial charge in [-0.05, 0) is 12.1 Å². The molecular formula is C10H8N2O4. The maximum Gasteiger partial charge on any atom is 0.363 e. The molecule has 6 heteroatoms. The Balaban J connectivity index is 2.03. The SMILES string of the molecule is O=C1CN(OC(=O)c2ccccc2)C(=O)N1. The Hall–Kier alpha value is -2.37. The van der Waals surface area contributed by atoms with Gasteiger partial charge in [0.25, 0.3) is 5.91 Å². The predicted octanol–water partition coefficient (Wildman–Crippen LogP) is 0.310. The van der Waals surface area contributed by atoms with E-state index in [-0.39, 0.29) is 6.54 Å². The number of rotatable bonds is 2. The zero-order valence-electron chi connectivity index (χ0n) is 8.17. The number of carbonyl (C=O) groups is 3. The Morgan fingerprint density at radius 1 is 1.25 bits per heavy atom. The second-order valence-electron chi connectivity index (χ2n) is 3.13. The van der Waals surface area contributed by atoms with Crippen molar-refractivity contribution in [3.05, 3.63) is 35.9 Å². The molecule has 2 rings (SSSR count).